The Bertz CT molecular complexity index is 329. The van der Waals surface area contributed by atoms with Gasteiger partial charge >= 0.3 is 0 Å². The van der Waals surface area contributed by atoms with Crippen LogP contribution < -0.4 is 5.32 Å². The van der Waals surface area contributed by atoms with Crippen LogP contribution in [-0.4, -0.2) is 47.6 Å². The average molecular weight is 270 g/mol. The van der Waals surface area contributed by atoms with E-state index in [1.165, 1.54) is 0 Å². The molecule has 1 aliphatic rings. The van der Waals surface area contributed by atoms with Crippen molar-refractivity contribution >= 4 is 11.8 Å². The van der Waals surface area contributed by atoms with Gasteiger partial charge in [-0.1, -0.05) is 27.7 Å². The maximum absolute atomic E-state index is 11.9. The summed E-state index contributed by atoms with van der Waals surface area (Å²) in [5.74, 6) is 0.180. The first kappa shape index (κ1) is 16.0. The van der Waals surface area contributed by atoms with Gasteiger partial charge in [-0.3, -0.25) is 9.59 Å². The number of nitrogens with zero attached hydrogens (tertiary/aromatic N) is 1. The molecule has 5 nitrogen and oxygen atoms in total. The van der Waals surface area contributed by atoms with Crippen LogP contribution in [0.15, 0.2) is 0 Å². The molecule has 2 unspecified atom stereocenters. The van der Waals surface area contributed by atoms with E-state index in [-0.39, 0.29) is 36.6 Å². The van der Waals surface area contributed by atoms with Crippen LogP contribution in [0, 0.1) is 17.8 Å². The first-order chi connectivity index (χ1) is 8.81. The van der Waals surface area contributed by atoms with E-state index < -0.39 is 6.10 Å². The van der Waals surface area contributed by atoms with E-state index >= 15 is 0 Å². The summed E-state index contributed by atoms with van der Waals surface area (Å²) in [7, 11) is 0. The number of likely N-dealkylation sites (tertiary alicyclic amines) is 1. The first-order valence-corrected chi connectivity index (χ1v) is 7.04. The van der Waals surface area contributed by atoms with E-state index in [1.54, 1.807) is 4.90 Å². The molecule has 1 aliphatic heterocycles. The summed E-state index contributed by atoms with van der Waals surface area (Å²) in [4.78, 5) is 25.5. The summed E-state index contributed by atoms with van der Waals surface area (Å²) < 4.78 is 0. The molecule has 1 rings (SSSR count). The van der Waals surface area contributed by atoms with Gasteiger partial charge in [-0.15, -0.1) is 0 Å². The lowest BCUT2D eigenvalue weighted by atomic mass is 10.1. The third kappa shape index (κ3) is 4.82. The molecular weight excluding hydrogens is 244 g/mol. The van der Waals surface area contributed by atoms with Gasteiger partial charge in [-0.2, -0.15) is 0 Å². The molecule has 1 heterocycles. The van der Waals surface area contributed by atoms with Gasteiger partial charge in [-0.05, 0) is 11.8 Å². The number of amides is 2. The maximum atomic E-state index is 11.9. The molecule has 5 heteroatoms. The number of aliphatic hydroxyl groups is 1. The largest absolute Gasteiger partial charge is 0.391 e. The van der Waals surface area contributed by atoms with Gasteiger partial charge in [0.05, 0.1) is 12.0 Å². The predicted octanol–water partition coefficient (Wildman–Crippen LogP) is 0.624. The molecule has 0 aromatic heterocycles. The molecule has 0 aromatic rings. The highest BCUT2D eigenvalue weighted by atomic mass is 16.3. The molecule has 0 aromatic carbocycles. The molecule has 2 N–H and O–H groups in total. The summed E-state index contributed by atoms with van der Waals surface area (Å²) in [5.41, 5.74) is 0. The fraction of sp³-hybridized carbons (Fsp3) is 0.857. The van der Waals surface area contributed by atoms with E-state index in [1.807, 2.05) is 13.8 Å². The zero-order chi connectivity index (χ0) is 14.6. The second-order valence-corrected chi connectivity index (χ2v) is 6.15. The molecular formula is C14H26N2O3. The summed E-state index contributed by atoms with van der Waals surface area (Å²) >= 11 is 0. The second-order valence-electron chi connectivity index (χ2n) is 6.15. The second kappa shape index (κ2) is 6.89. The normalized spacial score (nSPS) is 21.3. The van der Waals surface area contributed by atoms with E-state index in [0.717, 1.165) is 0 Å². The Kier molecular flexibility index (Phi) is 5.79. The van der Waals surface area contributed by atoms with Crippen molar-refractivity contribution in [3.05, 3.63) is 0 Å². The number of carbonyl (C=O) groups is 2. The summed E-state index contributed by atoms with van der Waals surface area (Å²) in [6, 6.07) is 0. The van der Waals surface area contributed by atoms with Crippen molar-refractivity contribution in [2.45, 2.75) is 40.2 Å². The SMILES string of the molecule is CC(C)CN1CC(C(=O)NCC(O)C(C)C)CC1=O. The van der Waals surface area contributed by atoms with Crippen molar-refractivity contribution in [1.82, 2.24) is 10.2 Å². The zero-order valence-corrected chi connectivity index (χ0v) is 12.3. The van der Waals surface area contributed by atoms with Crippen molar-refractivity contribution in [2.75, 3.05) is 19.6 Å². The van der Waals surface area contributed by atoms with Gasteiger partial charge in [0.2, 0.25) is 11.8 Å². The summed E-state index contributed by atoms with van der Waals surface area (Å²) in [6.07, 6.45) is -0.246. The Morgan fingerprint density at radius 3 is 2.58 bits per heavy atom. The number of nitrogens with one attached hydrogen (secondary N) is 1. The van der Waals surface area contributed by atoms with Crippen LogP contribution in [0.4, 0.5) is 0 Å². The summed E-state index contributed by atoms with van der Waals surface area (Å²) in [5, 5.41) is 12.4. The number of carbonyl (C=O) groups excluding carboxylic acids is 2. The molecule has 2 atom stereocenters. The number of hydrogen-bond acceptors (Lipinski definition) is 3. The molecule has 0 saturated carbocycles. The van der Waals surface area contributed by atoms with Crippen molar-refractivity contribution in [3.8, 4) is 0 Å². The Morgan fingerprint density at radius 2 is 2.05 bits per heavy atom. The molecule has 0 bridgehead atoms. The quantitative estimate of drug-likeness (QED) is 0.743. The molecule has 0 aliphatic carbocycles. The fourth-order valence-corrected chi connectivity index (χ4v) is 2.15. The monoisotopic (exact) mass is 270 g/mol. The van der Waals surface area contributed by atoms with Crippen LogP contribution in [-0.2, 0) is 9.59 Å². The predicted molar refractivity (Wildman–Crippen MR) is 73.4 cm³/mol. The molecule has 19 heavy (non-hydrogen) atoms. The molecule has 1 fully saturated rings. The number of aliphatic hydroxyl groups excluding tert-OH is 1. The van der Waals surface area contributed by atoms with Gasteiger partial charge in [0.25, 0.3) is 0 Å². The van der Waals surface area contributed by atoms with E-state index in [2.05, 4.69) is 19.2 Å². The van der Waals surface area contributed by atoms with Gasteiger partial charge in [0, 0.05) is 26.1 Å². The molecule has 0 spiro atoms. The summed E-state index contributed by atoms with van der Waals surface area (Å²) in [6.45, 7) is 9.38. The zero-order valence-electron chi connectivity index (χ0n) is 12.3. The van der Waals surface area contributed by atoms with Crippen molar-refractivity contribution < 1.29 is 14.7 Å². The first-order valence-electron chi connectivity index (χ1n) is 7.04. The Balaban J connectivity index is 2.41. The smallest absolute Gasteiger partial charge is 0.225 e. The van der Waals surface area contributed by atoms with Crippen molar-refractivity contribution in [3.63, 3.8) is 0 Å². The minimum absolute atomic E-state index is 0.0539. The third-order valence-corrected chi connectivity index (χ3v) is 3.43. The average Bonchev–Trinajstić information content (AvgIpc) is 2.66. The van der Waals surface area contributed by atoms with Crippen LogP contribution >= 0.6 is 0 Å². The van der Waals surface area contributed by atoms with Gasteiger partial charge in [0.15, 0.2) is 0 Å². The minimum Gasteiger partial charge on any atom is -0.391 e. The highest BCUT2D eigenvalue weighted by molar-refractivity contribution is 5.89. The topological polar surface area (TPSA) is 69.6 Å². The minimum atomic E-state index is -0.534. The standard InChI is InChI=1S/C14H26N2O3/c1-9(2)7-16-8-11(5-13(16)18)14(19)15-6-12(17)10(3)4/h9-12,17H,5-8H2,1-4H3,(H,15,19). The highest BCUT2D eigenvalue weighted by Gasteiger charge is 2.34. The van der Waals surface area contributed by atoms with Gasteiger partial charge in [0.1, 0.15) is 0 Å². The lowest BCUT2D eigenvalue weighted by Gasteiger charge is -2.19. The van der Waals surface area contributed by atoms with E-state index in [4.69, 9.17) is 0 Å². The Morgan fingerprint density at radius 1 is 1.42 bits per heavy atom. The van der Waals surface area contributed by atoms with E-state index in [9.17, 15) is 14.7 Å². The molecule has 0 radical (unpaired) electrons. The fourth-order valence-electron chi connectivity index (χ4n) is 2.15. The number of hydrogen-bond donors (Lipinski definition) is 2. The Labute approximate surface area is 115 Å². The van der Waals surface area contributed by atoms with Crippen LogP contribution in [0.3, 0.4) is 0 Å². The lowest BCUT2D eigenvalue weighted by Crippen LogP contribution is -2.39. The number of rotatable bonds is 6. The van der Waals surface area contributed by atoms with Gasteiger partial charge in [-0.25, -0.2) is 0 Å². The molecule has 110 valence electrons. The van der Waals surface area contributed by atoms with Crippen LogP contribution in [0.1, 0.15) is 34.1 Å². The van der Waals surface area contributed by atoms with Crippen LogP contribution in [0.5, 0.6) is 0 Å². The third-order valence-electron chi connectivity index (χ3n) is 3.43. The maximum Gasteiger partial charge on any atom is 0.225 e. The Hall–Kier alpha value is -1.10. The van der Waals surface area contributed by atoms with Crippen LogP contribution in [0.25, 0.3) is 0 Å². The van der Waals surface area contributed by atoms with Crippen LogP contribution in [0.2, 0.25) is 0 Å². The van der Waals surface area contributed by atoms with E-state index in [0.29, 0.717) is 19.0 Å². The molecule has 2 amide bonds. The van der Waals surface area contributed by atoms with Crippen molar-refractivity contribution in [1.29, 1.82) is 0 Å². The molecule has 1 saturated heterocycles. The van der Waals surface area contributed by atoms with Crippen molar-refractivity contribution in [2.24, 2.45) is 17.8 Å². The highest BCUT2D eigenvalue weighted by Crippen LogP contribution is 2.19. The van der Waals surface area contributed by atoms with Gasteiger partial charge < -0.3 is 15.3 Å². The lowest BCUT2D eigenvalue weighted by molar-refractivity contribution is -0.129.